The summed E-state index contributed by atoms with van der Waals surface area (Å²) in [5.41, 5.74) is 0.981. The second-order valence-corrected chi connectivity index (χ2v) is 6.02. The van der Waals surface area contributed by atoms with Crippen LogP contribution < -0.4 is 36.1 Å². The Labute approximate surface area is 144 Å². The molecule has 136 valence electrons. The topological polar surface area (TPSA) is 78.6 Å². The Morgan fingerprint density at radius 3 is 2.83 bits per heavy atom. The Bertz CT molecular complexity index is 500. The molecule has 1 fully saturated rings. The van der Waals surface area contributed by atoms with Gasteiger partial charge in [-0.2, -0.15) is 0 Å². The number of benzene rings is 1. The summed E-state index contributed by atoms with van der Waals surface area (Å²) in [4.78, 5) is 0. The molecule has 0 amide bonds. The van der Waals surface area contributed by atoms with Crippen molar-refractivity contribution in [3.05, 3.63) is 18.2 Å². The van der Waals surface area contributed by atoms with E-state index in [-0.39, 0.29) is 6.29 Å². The van der Waals surface area contributed by atoms with E-state index in [0.717, 1.165) is 36.6 Å². The van der Waals surface area contributed by atoms with Crippen molar-refractivity contribution in [2.75, 3.05) is 39.7 Å². The average Bonchev–Trinajstić information content (AvgIpc) is 2.62. The summed E-state index contributed by atoms with van der Waals surface area (Å²) in [6.07, 6.45) is 2.31. The van der Waals surface area contributed by atoms with Crippen molar-refractivity contribution in [1.29, 1.82) is 0 Å². The predicted octanol–water partition coefficient (Wildman–Crippen LogP) is 0.896. The van der Waals surface area contributed by atoms with Crippen molar-refractivity contribution in [1.82, 2.24) is 21.3 Å². The smallest absolute Gasteiger partial charge is 0.163 e. The molecule has 0 bridgehead atoms. The zero-order valence-electron chi connectivity index (χ0n) is 15.1. The molecule has 7 heteroatoms. The molecule has 1 aromatic carbocycles. The number of nitrogens with one attached hydrogen (secondary N) is 5. The predicted molar refractivity (Wildman–Crippen MR) is 97.6 cm³/mol. The fourth-order valence-electron chi connectivity index (χ4n) is 2.57. The van der Waals surface area contributed by atoms with Crippen LogP contribution in [0.5, 0.6) is 11.5 Å². The van der Waals surface area contributed by atoms with Crippen molar-refractivity contribution < 1.29 is 9.47 Å². The third-order valence-corrected chi connectivity index (χ3v) is 4.27. The zero-order valence-corrected chi connectivity index (χ0v) is 15.1. The maximum absolute atomic E-state index is 5.91. The minimum Gasteiger partial charge on any atom is -0.493 e. The van der Waals surface area contributed by atoms with E-state index in [9.17, 15) is 0 Å². The molecule has 0 spiro atoms. The molecule has 1 saturated heterocycles. The fourth-order valence-corrected chi connectivity index (χ4v) is 2.57. The number of hydrogen-bond donors (Lipinski definition) is 5. The van der Waals surface area contributed by atoms with Gasteiger partial charge in [0.2, 0.25) is 0 Å². The molecule has 0 saturated carbocycles. The SMILES string of the molecule is CNC(C)CCOc1cc(NC2NCCC(NC)N2)ccc1OC. The highest BCUT2D eigenvalue weighted by molar-refractivity contribution is 5.55. The number of methoxy groups -OCH3 is 1. The summed E-state index contributed by atoms with van der Waals surface area (Å²) in [6, 6.07) is 6.33. The van der Waals surface area contributed by atoms with Crippen LogP contribution in [0.25, 0.3) is 0 Å². The summed E-state index contributed by atoms with van der Waals surface area (Å²) < 4.78 is 11.3. The highest BCUT2D eigenvalue weighted by atomic mass is 16.5. The largest absolute Gasteiger partial charge is 0.493 e. The third kappa shape index (κ3) is 5.52. The van der Waals surface area contributed by atoms with Crippen LogP contribution in [0.2, 0.25) is 0 Å². The van der Waals surface area contributed by atoms with Crippen molar-refractivity contribution in [2.45, 2.75) is 38.3 Å². The van der Waals surface area contributed by atoms with Crippen LogP contribution in [0.15, 0.2) is 18.2 Å². The number of hydrogen-bond acceptors (Lipinski definition) is 7. The number of ether oxygens (including phenoxy) is 2. The first-order valence-corrected chi connectivity index (χ1v) is 8.57. The highest BCUT2D eigenvalue weighted by Gasteiger charge is 2.19. The van der Waals surface area contributed by atoms with Crippen molar-refractivity contribution in [3.8, 4) is 11.5 Å². The van der Waals surface area contributed by atoms with Gasteiger partial charge in [-0.15, -0.1) is 0 Å². The number of rotatable bonds is 9. The molecule has 0 aliphatic carbocycles. The molecule has 1 aliphatic rings. The van der Waals surface area contributed by atoms with Crippen LogP contribution in [0.1, 0.15) is 19.8 Å². The first kappa shape index (κ1) is 18.8. The van der Waals surface area contributed by atoms with E-state index in [1.165, 1.54) is 0 Å². The van der Waals surface area contributed by atoms with Gasteiger partial charge in [-0.05, 0) is 46.0 Å². The minimum absolute atomic E-state index is 0.0155. The van der Waals surface area contributed by atoms with Gasteiger partial charge in [-0.3, -0.25) is 10.6 Å². The van der Waals surface area contributed by atoms with Crippen LogP contribution in [-0.4, -0.2) is 52.9 Å². The van der Waals surface area contributed by atoms with Crippen molar-refractivity contribution >= 4 is 5.69 Å². The molecule has 5 N–H and O–H groups in total. The standard InChI is InChI=1S/C17H31N5O2/c1-12(18-2)8-10-24-15-11-13(5-6-14(15)23-4)21-17-20-9-7-16(19-3)22-17/h5-6,11-12,16-22H,7-10H2,1-4H3. The molecule has 0 radical (unpaired) electrons. The minimum atomic E-state index is 0.0155. The monoisotopic (exact) mass is 337 g/mol. The van der Waals surface area contributed by atoms with Crippen molar-refractivity contribution in [2.24, 2.45) is 0 Å². The van der Waals surface area contributed by atoms with Gasteiger partial charge < -0.3 is 25.4 Å². The van der Waals surface area contributed by atoms with Crippen LogP contribution in [0.3, 0.4) is 0 Å². The van der Waals surface area contributed by atoms with Gasteiger partial charge in [-0.25, -0.2) is 0 Å². The quantitative estimate of drug-likeness (QED) is 0.458. The van der Waals surface area contributed by atoms with E-state index in [0.29, 0.717) is 18.8 Å². The average molecular weight is 337 g/mol. The zero-order chi connectivity index (χ0) is 17.4. The molecule has 24 heavy (non-hydrogen) atoms. The summed E-state index contributed by atoms with van der Waals surface area (Å²) in [6.45, 7) is 3.73. The van der Waals surface area contributed by atoms with Gasteiger partial charge in [-0.1, -0.05) is 0 Å². The van der Waals surface area contributed by atoms with E-state index in [1.54, 1.807) is 7.11 Å². The molecule has 3 atom stereocenters. The molecule has 0 aromatic heterocycles. The Morgan fingerprint density at radius 1 is 1.29 bits per heavy atom. The molecular formula is C17H31N5O2. The first-order chi connectivity index (χ1) is 11.7. The first-order valence-electron chi connectivity index (χ1n) is 8.57. The second-order valence-electron chi connectivity index (χ2n) is 6.02. The lowest BCUT2D eigenvalue weighted by molar-refractivity contribution is 0.276. The molecule has 3 unspecified atom stereocenters. The Kier molecular flexibility index (Phi) is 7.58. The van der Waals surface area contributed by atoms with E-state index in [4.69, 9.17) is 9.47 Å². The molecule has 7 nitrogen and oxygen atoms in total. The summed E-state index contributed by atoms with van der Waals surface area (Å²) in [5, 5.41) is 16.8. The fraction of sp³-hybridized carbons (Fsp3) is 0.647. The molecule has 1 aromatic rings. The Balaban J connectivity index is 1.96. The van der Waals surface area contributed by atoms with Crippen molar-refractivity contribution in [3.63, 3.8) is 0 Å². The summed E-state index contributed by atoms with van der Waals surface area (Å²) in [5.74, 6) is 1.50. The van der Waals surface area contributed by atoms with E-state index < -0.39 is 0 Å². The van der Waals surface area contributed by atoms with Gasteiger partial charge in [0.25, 0.3) is 0 Å². The van der Waals surface area contributed by atoms with Gasteiger partial charge in [0.15, 0.2) is 11.5 Å². The van der Waals surface area contributed by atoms with E-state index in [1.807, 2.05) is 32.3 Å². The summed E-state index contributed by atoms with van der Waals surface area (Å²) >= 11 is 0. The number of anilines is 1. The molecular weight excluding hydrogens is 306 g/mol. The maximum atomic E-state index is 5.91. The Morgan fingerprint density at radius 2 is 2.12 bits per heavy atom. The molecule has 2 rings (SSSR count). The second kappa shape index (κ2) is 9.68. The highest BCUT2D eigenvalue weighted by Crippen LogP contribution is 2.30. The van der Waals surface area contributed by atoms with Crippen LogP contribution >= 0.6 is 0 Å². The maximum Gasteiger partial charge on any atom is 0.163 e. The lowest BCUT2D eigenvalue weighted by atomic mass is 10.2. The lowest BCUT2D eigenvalue weighted by Crippen LogP contribution is -2.61. The van der Waals surface area contributed by atoms with Gasteiger partial charge in [0.05, 0.1) is 19.9 Å². The van der Waals surface area contributed by atoms with Gasteiger partial charge in [0.1, 0.15) is 6.29 Å². The molecule has 1 aliphatic heterocycles. The summed E-state index contributed by atoms with van der Waals surface area (Å²) in [7, 11) is 5.58. The normalized spacial score (nSPS) is 22.0. The van der Waals surface area contributed by atoms with Gasteiger partial charge >= 0.3 is 0 Å². The van der Waals surface area contributed by atoms with Crippen LogP contribution in [0, 0.1) is 0 Å². The van der Waals surface area contributed by atoms with Gasteiger partial charge in [0, 0.05) is 24.3 Å². The molecule has 1 heterocycles. The Hall–Kier alpha value is -1.54. The van der Waals surface area contributed by atoms with E-state index >= 15 is 0 Å². The van der Waals surface area contributed by atoms with E-state index in [2.05, 4.69) is 33.5 Å². The lowest BCUT2D eigenvalue weighted by Gasteiger charge is -2.33. The van der Waals surface area contributed by atoms with Crippen LogP contribution in [-0.2, 0) is 0 Å². The van der Waals surface area contributed by atoms with Crippen LogP contribution in [0.4, 0.5) is 5.69 Å². The third-order valence-electron chi connectivity index (χ3n) is 4.27.